The van der Waals surface area contributed by atoms with Crippen molar-refractivity contribution in [3.8, 4) is 0 Å². The van der Waals surface area contributed by atoms with Crippen LogP contribution in [-0.2, 0) is 9.53 Å². The fraction of sp³-hybridized carbons (Fsp3) is 0.857. The lowest BCUT2D eigenvalue weighted by molar-refractivity contribution is -0.125. The second-order valence-corrected chi connectivity index (χ2v) is 6.41. The van der Waals surface area contributed by atoms with E-state index in [-0.39, 0.29) is 24.0 Å². The molecule has 4 nitrogen and oxygen atoms in total. The van der Waals surface area contributed by atoms with Crippen molar-refractivity contribution < 1.29 is 14.3 Å². The van der Waals surface area contributed by atoms with Crippen LogP contribution in [0.5, 0.6) is 0 Å². The van der Waals surface area contributed by atoms with Crippen LogP contribution in [0.3, 0.4) is 0 Å². The van der Waals surface area contributed by atoms with E-state index in [1.54, 1.807) is 0 Å². The van der Waals surface area contributed by atoms with Crippen LogP contribution < -0.4 is 5.32 Å². The van der Waals surface area contributed by atoms with E-state index in [9.17, 15) is 9.59 Å². The third-order valence-electron chi connectivity index (χ3n) is 3.12. The monoisotopic (exact) mass is 255 g/mol. The highest BCUT2D eigenvalue weighted by Crippen LogP contribution is 2.28. The van der Waals surface area contributed by atoms with Crippen molar-refractivity contribution in [2.45, 2.75) is 65.5 Å². The number of hydrogen-bond acceptors (Lipinski definition) is 3. The minimum Gasteiger partial charge on any atom is -0.444 e. The first kappa shape index (κ1) is 15.0. The number of alkyl carbamates (subject to hydrolysis) is 1. The van der Waals surface area contributed by atoms with E-state index in [4.69, 9.17) is 4.74 Å². The second-order valence-electron chi connectivity index (χ2n) is 6.41. The molecule has 18 heavy (non-hydrogen) atoms. The Bertz CT molecular complexity index is 317. The summed E-state index contributed by atoms with van der Waals surface area (Å²) in [5.74, 6) is 0.490. The molecule has 0 radical (unpaired) electrons. The molecule has 1 amide bonds. The SMILES string of the molecule is CC(C)C(=O)[C@H]1CC[C@@H](NC(=O)OC(C)(C)C)C1. The highest BCUT2D eigenvalue weighted by molar-refractivity contribution is 5.83. The molecule has 0 bridgehead atoms. The molecule has 104 valence electrons. The molecule has 2 atom stereocenters. The number of nitrogens with one attached hydrogen (secondary N) is 1. The van der Waals surface area contributed by atoms with E-state index in [0.29, 0.717) is 5.78 Å². The Morgan fingerprint density at radius 2 is 1.83 bits per heavy atom. The first-order valence-electron chi connectivity index (χ1n) is 6.72. The van der Waals surface area contributed by atoms with Gasteiger partial charge in [-0.3, -0.25) is 4.79 Å². The van der Waals surface area contributed by atoms with Crippen molar-refractivity contribution in [2.24, 2.45) is 11.8 Å². The first-order chi connectivity index (χ1) is 8.19. The lowest BCUT2D eigenvalue weighted by atomic mass is 9.94. The normalized spacial score (nSPS) is 24.1. The maximum atomic E-state index is 11.9. The van der Waals surface area contributed by atoms with E-state index < -0.39 is 5.60 Å². The smallest absolute Gasteiger partial charge is 0.407 e. The Kier molecular flexibility index (Phi) is 4.77. The fourth-order valence-corrected chi connectivity index (χ4v) is 2.32. The van der Waals surface area contributed by atoms with Crippen molar-refractivity contribution in [1.29, 1.82) is 0 Å². The minimum absolute atomic E-state index is 0.0764. The van der Waals surface area contributed by atoms with Gasteiger partial charge in [-0.15, -0.1) is 0 Å². The topological polar surface area (TPSA) is 55.4 Å². The first-order valence-corrected chi connectivity index (χ1v) is 6.72. The Balaban J connectivity index is 2.39. The van der Waals surface area contributed by atoms with Gasteiger partial charge in [-0.25, -0.2) is 4.79 Å². The Labute approximate surface area is 109 Å². The molecule has 0 aromatic carbocycles. The van der Waals surface area contributed by atoms with Gasteiger partial charge in [0.25, 0.3) is 0 Å². The molecular formula is C14H25NO3. The maximum Gasteiger partial charge on any atom is 0.407 e. The standard InChI is InChI=1S/C14H25NO3/c1-9(2)12(16)10-6-7-11(8-10)15-13(17)18-14(3,4)5/h9-11H,6-8H2,1-5H3,(H,15,17)/t10-,11+/m0/s1. The summed E-state index contributed by atoms with van der Waals surface area (Å²) in [6.07, 6.45) is 2.10. The Hall–Kier alpha value is -1.06. The summed E-state index contributed by atoms with van der Waals surface area (Å²) in [6, 6.07) is 0.0764. The van der Waals surface area contributed by atoms with Gasteiger partial charge in [0, 0.05) is 17.9 Å². The van der Waals surface area contributed by atoms with Crippen molar-refractivity contribution in [2.75, 3.05) is 0 Å². The summed E-state index contributed by atoms with van der Waals surface area (Å²) in [4.78, 5) is 23.5. The maximum absolute atomic E-state index is 11.9. The van der Waals surface area contributed by atoms with Crippen LogP contribution in [0.4, 0.5) is 4.79 Å². The van der Waals surface area contributed by atoms with E-state index in [2.05, 4.69) is 5.32 Å². The van der Waals surface area contributed by atoms with Crippen LogP contribution in [0.15, 0.2) is 0 Å². The second kappa shape index (κ2) is 5.72. The third kappa shape index (κ3) is 4.67. The number of Topliss-reactive ketones (excluding diaryl/α,β-unsaturated/α-hetero) is 1. The summed E-state index contributed by atoms with van der Waals surface area (Å²) in [7, 11) is 0. The van der Waals surface area contributed by atoms with Gasteiger partial charge in [-0.05, 0) is 40.0 Å². The van der Waals surface area contributed by atoms with Crippen LogP contribution in [0.1, 0.15) is 53.9 Å². The van der Waals surface area contributed by atoms with Crippen LogP contribution in [0.2, 0.25) is 0 Å². The van der Waals surface area contributed by atoms with Gasteiger partial charge >= 0.3 is 6.09 Å². The quantitative estimate of drug-likeness (QED) is 0.843. The molecule has 1 fully saturated rings. The number of rotatable bonds is 3. The third-order valence-corrected chi connectivity index (χ3v) is 3.12. The molecule has 0 heterocycles. The predicted octanol–water partition coefficient (Wildman–Crippen LogP) is 2.90. The number of ketones is 1. The molecule has 1 saturated carbocycles. The highest BCUT2D eigenvalue weighted by Gasteiger charge is 2.32. The highest BCUT2D eigenvalue weighted by atomic mass is 16.6. The average molecular weight is 255 g/mol. The minimum atomic E-state index is -0.476. The molecule has 4 heteroatoms. The molecule has 1 N–H and O–H groups in total. The summed E-state index contributed by atoms with van der Waals surface area (Å²) in [5.41, 5.74) is -0.476. The summed E-state index contributed by atoms with van der Waals surface area (Å²) in [6.45, 7) is 9.37. The molecular weight excluding hydrogens is 230 g/mol. The van der Waals surface area contributed by atoms with E-state index in [1.165, 1.54) is 0 Å². The molecule has 0 aliphatic heterocycles. The summed E-state index contributed by atoms with van der Waals surface area (Å²) in [5, 5.41) is 2.85. The zero-order valence-electron chi connectivity index (χ0n) is 12.1. The van der Waals surface area contributed by atoms with Gasteiger partial charge in [-0.2, -0.15) is 0 Å². The number of hydrogen-bond donors (Lipinski definition) is 1. The lowest BCUT2D eigenvalue weighted by Gasteiger charge is -2.21. The van der Waals surface area contributed by atoms with Gasteiger partial charge in [0.2, 0.25) is 0 Å². The van der Waals surface area contributed by atoms with Crippen molar-refractivity contribution in [3.05, 3.63) is 0 Å². The molecule has 1 rings (SSSR count). The van der Waals surface area contributed by atoms with Gasteiger partial charge in [0.15, 0.2) is 0 Å². The van der Waals surface area contributed by atoms with Crippen LogP contribution in [0.25, 0.3) is 0 Å². The zero-order chi connectivity index (χ0) is 13.9. The van der Waals surface area contributed by atoms with Gasteiger partial charge in [0.1, 0.15) is 11.4 Å². The van der Waals surface area contributed by atoms with Gasteiger partial charge in [-0.1, -0.05) is 13.8 Å². The summed E-state index contributed by atoms with van der Waals surface area (Å²) >= 11 is 0. The lowest BCUT2D eigenvalue weighted by Crippen LogP contribution is -2.38. The largest absolute Gasteiger partial charge is 0.444 e. The number of amides is 1. The number of ether oxygens (including phenoxy) is 1. The van der Waals surface area contributed by atoms with Crippen molar-refractivity contribution >= 4 is 11.9 Å². The number of carbonyl (C=O) groups is 2. The van der Waals surface area contributed by atoms with Crippen LogP contribution in [-0.4, -0.2) is 23.5 Å². The molecule has 0 saturated heterocycles. The Morgan fingerprint density at radius 1 is 1.22 bits per heavy atom. The predicted molar refractivity (Wildman–Crippen MR) is 70.3 cm³/mol. The number of carbonyl (C=O) groups excluding carboxylic acids is 2. The van der Waals surface area contributed by atoms with Crippen molar-refractivity contribution in [3.63, 3.8) is 0 Å². The molecule has 0 unspecified atom stereocenters. The summed E-state index contributed by atoms with van der Waals surface area (Å²) < 4.78 is 5.21. The average Bonchev–Trinajstić information content (AvgIpc) is 2.61. The fourth-order valence-electron chi connectivity index (χ4n) is 2.32. The Morgan fingerprint density at radius 3 is 2.33 bits per heavy atom. The molecule has 0 aromatic rings. The molecule has 1 aliphatic rings. The van der Waals surface area contributed by atoms with Gasteiger partial charge < -0.3 is 10.1 Å². The van der Waals surface area contributed by atoms with Crippen LogP contribution in [0, 0.1) is 11.8 Å². The zero-order valence-corrected chi connectivity index (χ0v) is 12.1. The molecule has 1 aliphatic carbocycles. The van der Waals surface area contributed by atoms with E-state index in [1.807, 2.05) is 34.6 Å². The molecule has 0 spiro atoms. The van der Waals surface area contributed by atoms with E-state index in [0.717, 1.165) is 19.3 Å². The van der Waals surface area contributed by atoms with Crippen LogP contribution >= 0.6 is 0 Å². The van der Waals surface area contributed by atoms with Crippen molar-refractivity contribution in [1.82, 2.24) is 5.32 Å². The van der Waals surface area contributed by atoms with E-state index >= 15 is 0 Å². The van der Waals surface area contributed by atoms with Gasteiger partial charge in [0.05, 0.1) is 0 Å². The molecule has 0 aromatic heterocycles.